The Labute approximate surface area is 197 Å². The SMILES string of the molecule is Cc1cccc2c(=O)n(CCC(=O)OCC(=O)c3cc(C)n(Cc4ccccc4)c3C)cnc12. The lowest BCUT2D eigenvalue weighted by Gasteiger charge is -2.10. The Morgan fingerprint density at radius 3 is 2.53 bits per heavy atom. The summed E-state index contributed by atoms with van der Waals surface area (Å²) >= 11 is 0. The molecule has 4 aromatic rings. The topological polar surface area (TPSA) is 83.2 Å². The first kappa shape index (κ1) is 23.2. The minimum atomic E-state index is -0.539. The van der Waals surface area contributed by atoms with E-state index in [1.165, 1.54) is 10.9 Å². The Kier molecular flexibility index (Phi) is 6.72. The van der Waals surface area contributed by atoms with E-state index in [1.807, 2.05) is 69.3 Å². The number of aromatic nitrogens is 3. The van der Waals surface area contributed by atoms with Gasteiger partial charge in [-0.2, -0.15) is 0 Å². The van der Waals surface area contributed by atoms with E-state index in [4.69, 9.17) is 4.74 Å². The Bertz CT molecular complexity index is 1420. The van der Waals surface area contributed by atoms with Crippen molar-refractivity contribution in [1.29, 1.82) is 0 Å². The van der Waals surface area contributed by atoms with Crippen molar-refractivity contribution in [3.63, 3.8) is 0 Å². The maximum Gasteiger partial charge on any atom is 0.308 e. The average Bonchev–Trinajstić information content (AvgIpc) is 3.11. The van der Waals surface area contributed by atoms with Gasteiger partial charge >= 0.3 is 5.97 Å². The van der Waals surface area contributed by atoms with E-state index in [2.05, 4.69) is 9.55 Å². The average molecular weight is 458 g/mol. The number of Topliss-reactive ketones (excluding diaryl/α,β-unsaturated/α-hetero) is 1. The lowest BCUT2D eigenvalue weighted by Crippen LogP contribution is -2.23. The van der Waals surface area contributed by atoms with Gasteiger partial charge in [0.05, 0.1) is 23.7 Å². The summed E-state index contributed by atoms with van der Waals surface area (Å²) in [5.74, 6) is -0.788. The highest BCUT2D eigenvalue weighted by Crippen LogP contribution is 2.18. The van der Waals surface area contributed by atoms with Gasteiger partial charge < -0.3 is 9.30 Å². The second kappa shape index (κ2) is 9.87. The molecule has 0 radical (unpaired) electrons. The Morgan fingerprint density at radius 1 is 1.00 bits per heavy atom. The third kappa shape index (κ3) is 4.83. The van der Waals surface area contributed by atoms with Crippen LogP contribution in [0.5, 0.6) is 0 Å². The normalized spacial score (nSPS) is 11.0. The smallest absolute Gasteiger partial charge is 0.308 e. The second-order valence-corrected chi connectivity index (χ2v) is 8.40. The summed E-state index contributed by atoms with van der Waals surface area (Å²) in [5.41, 5.74) is 4.86. The van der Waals surface area contributed by atoms with Gasteiger partial charge in [-0.05, 0) is 44.0 Å². The van der Waals surface area contributed by atoms with Crippen LogP contribution in [0.15, 0.2) is 65.7 Å². The van der Waals surface area contributed by atoms with E-state index in [0.29, 0.717) is 23.0 Å². The van der Waals surface area contributed by atoms with Crippen LogP contribution in [0, 0.1) is 20.8 Å². The molecule has 0 N–H and O–H groups in total. The van der Waals surface area contributed by atoms with Crippen LogP contribution < -0.4 is 5.56 Å². The second-order valence-electron chi connectivity index (χ2n) is 8.40. The predicted molar refractivity (Wildman–Crippen MR) is 130 cm³/mol. The summed E-state index contributed by atoms with van der Waals surface area (Å²) < 4.78 is 8.68. The molecule has 0 aliphatic rings. The van der Waals surface area contributed by atoms with Crippen LogP contribution in [0.2, 0.25) is 0 Å². The monoisotopic (exact) mass is 457 g/mol. The lowest BCUT2D eigenvalue weighted by atomic mass is 10.1. The molecule has 0 aliphatic carbocycles. The van der Waals surface area contributed by atoms with Crippen LogP contribution in [0.1, 0.15) is 39.3 Å². The fourth-order valence-corrected chi connectivity index (χ4v) is 4.10. The number of benzene rings is 2. The Hall–Kier alpha value is -4.00. The molecule has 4 rings (SSSR count). The van der Waals surface area contributed by atoms with Crippen LogP contribution >= 0.6 is 0 Å². The summed E-state index contributed by atoms with van der Waals surface area (Å²) in [5, 5.41) is 0.511. The predicted octanol–water partition coefficient (Wildman–Crippen LogP) is 3.99. The number of nitrogens with zero attached hydrogens (tertiary/aromatic N) is 3. The molecule has 2 heterocycles. The summed E-state index contributed by atoms with van der Waals surface area (Å²) in [6.07, 6.45) is 1.41. The molecule has 7 nitrogen and oxygen atoms in total. The van der Waals surface area contributed by atoms with E-state index < -0.39 is 5.97 Å². The number of rotatable bonds is 8. The van der Waals surface area contributed by atoms with Gasteiger partial charge in [-0.1, -0.05) is 42.5 Å². The quantitative estimate of drug-likeness (QED) is 0.295. The first-order valence-corrected chi connectivity index (χ1v) is 11.2. The number of ether oxygens (including phenoxy) is 1. The fraction of sp³-hybridized carbons (Fsp3) is 0.259. The summed E-state index contributed by atoms with van der Waals surface area (Å²) in [7, 11) is 0. The van der Waals surface area contributed by atoms with Gasteiger partial charge in [-0.15, -0.1) is 0 Å². The zero-order valence-electron chi connectivity index (χ0n) is 19.6. The fourth-order valence-electron chi connectivity index (χ4n) is 4.10. The number of para-hydroxylation sites is 1. The first-order valence-electron chi connectivity index (χ1n) is 11.2. The van der Waals surface area contributed by atoms with E-state index in [9.17, 15) is 14.4 Å². The molecule has 0 spiro atoms. The van der Waals surface area contributed by atoms with E-state index >= 15 is 0 Å². The molecule has 0 saturated heterocycles. The number of carbonyl (C=O) groups is 2. The third-order valence-electron chi connectivity index (χ3n) is 6.03. The van der Waals surface area contributed by atoms with Crippen molar-refractivity contribution in [2.24, 2.45) is 0 Å². The van der Waals surface area contributed by atoms with Gasteiger partial charge in [0.1, 0.15) is 0 Å². The summed E-state index contributed by atoms with van der Waals surface area (Å²) in [6, 6.07) is 17.3. The molecule has 2 aromatic carbocycles. The molecule has 0 saturated carbocycles. The van der Waals surface area contributed by atoms with Crippen LogP contribution in [0.4, 0.5) is 0 Å². The molecule has 34 heavy (non-hydrogen) atoms. The van der Waals surface area contributed by atoms with Gasteiger partial charge in [0.15, 0.2) is 6.61 Å². The van der Waals surface area contributed by atoms with Crippen LogP contribution in [0.3, 0.4) is 0 Å². The number of hydrogen-bond donors (Lipinski definition) is 0. The molecule has 0 amide bonds. The van der Waals surface area contributed by atoms with Crippen molar-refractivity contribution in [3.8, 4) is 0 Å². The lowest BCUT2D eigenvalue weighted by molar-refractivity contribution is -0.142. The van der Waals surface area contributed by atoms with Crippen molar-refractivity contribution in [3.05, 3.63) is 99.4 Å². The highest BCUT2D eigenvalue weighted by molar-refractivity contribution is 5.99. The van der Waals surface area contributed by atoms with Crippen molar-refractivity contribution >= 4 is 22.7 Å². The number of carbonyl (C=O) groups excluding carboxylic acids is 2. The minimum Gasteiger partial charge on any atom is -0.457 e. The van der Waals surface area contributed by atoms with Crippen LogP contribution in [-0.2, 0) is 22.6 Å². The van der Waals surface area contributed by atoms with Crippen LogP contribution in [0.25, 0.3) is 10.9 Å². The maximum absolute atomic E-state index is 12.7. The number of esters is 1. The largest absolute Gasteiger partial charge is 0.457 e. The van der Waals surface area contributed by atoms with Gasteiger partial charge in [0, 0.05) is 30.0 Å². The first-order chi connectivity index (χ1) is 16.3. The molecule has 2 aromatic heterocycles. The van der Waals surface area contributed by atoms with E-state index in [0.717, 1.165) is 22.5 Å². The van der Waals surface area contributed by atoms with E-state index in [-0.39, 0.29) is 30.9 Å². The molecular weight excluding hydrogens is 430 g/mol. The highest BCUT2D eigenvalue weighted by Gasteiger charge is 2.18. The number of ketones is 1. The van der Waals surface area contributed by atoms with Crippen LogP contribution in [-0.4, -0.2) is 32.5 Å². The van der Waals surface area contributed by atoms with Gasteiger partial charge in [0.2, 0.25) is 5.78 Å². The summed E-state index contributed by atoms with van der Waals surface area (Å²) in [6.45, 7) is 6.21. The number of hydrogen-bond acceptors (Lipinski definition) is 5. The molecule has 174 valence electrons. The minimum absolute atomic E-state index is 0.0286. The zero-order valence-corrected chi connectivity index (χ0v) is 19.6. The Morgan fingerprint density at radius 2 is 1.76 bits per heavy atom. The van der Waals surface area contributed by atoms with Crippen molar-refractivity contribution in [2.75, 3.05) is 6.61 Å². The van der Waals surface area contributed by atoms with Gasteiger partial charge in [-0.25, -0.2) is 4.98 Å². The molecule has 0 bridgehead atoms. The third-order valence-corrected chi connectivity index (χ3v) is 6.03. The van der Waals surface area contributed by atoms with Crippen molar-refractivity contribution in [1.82, 2.24) is 14.1 Å². The molecular formula is C27H27N3O4. The van der Waals surface area contributed by atoms with E-state index in [1.54, 1.807) is 6.07 Å². The molecule has 0 aliphatic heterocycles. The molecule has 0 fully saturated rings. The molecule has 7 heteroatoms. The molecule has 0 unspecified atom stereocenters. The van der Waals surface area contributed by atoms with Gasteiger partial charge in [0.25, 0.3) is 5.56 Å². The summed E-state index contributed by atoms with van der Waals surface area (Å²) in [4.78, 5) is 42.0. The highest BCUT2D eigenvalue weighted by atomic mass is 16.5. The van der Waals surface area contributed by atoms with Crippen molar-refractivity contribution < 1.29 is 14.3 Å². The number of aryl methyl sites for hydroxylation is 3. The standard InChI is InChI=1S/C27H27N3O4/c1-18-8-7-11-22-26(18)28-17-29(27(22)33)13-12-25(32)34-16-24(31)23-14-19(2)30(20(23)3)15-21-9-5-4-6-10-21/h4-11,14,17H,12-13,15-16H2,1-3H3. The Balaban J connectivity index is 1.36. The zero-order chi connectivity index (χ0) is 24.2. The molecule has 0 atom stereocenters. The van der Waals surface area contributed by atoms with Crippen molar-refractivity contribution in [2.45, 2.75) is 40.3 Å². The van der Waals surface area contributed by atoms with Gasteiger partial charge in [-0.3, -0.25) is 19.0 Å². The maximum atomic E-state index is 12.7. The number of fused-ring (bicyclic) bond motifs is 1.